The van der Waals surface area contributed by atoms with Crippen molar-refractivity contribution >= 4 is 5.91 Å². The van der Waals surface area contributed by atoms with E-state index in [0.717, 1.165) is 22.6 Å². The number of aryl methyl sites for hydroxylation is 3. The van der Waals surface area contributed by atoms with Gasteiger partial charge in [0.15, 0.2) is 6.10 Å². The number of nitrogens with one attached hydrogen (secondary N) is 1. The third-order valence-electron chi connectivity index (χ3n) is 3.93. The van der Waals surface area contributed by atoms with E-state index in [1.807, 2.05) is 70.2 Å². The average Bonchev–Trinajstić information content (AvgIpc) is 2.57. The van der Waals surface area contributed by atoms with Gasteiger partial charge in [0.05, 0.1) is 6.04 Å². The monoisotopic (exact) mass is 341 g/mol. The van der Waals surface area contributed by atoms with Crippen LogP contribution in [0.3, 0.4) is 0 Å². The van der Waals surface area contributed by atoms with Gasteiger partial charge in [-0.05, 0) is 63.9 Å². The van der Waals surface area contributed by atoms with Crippen LogP contribution in [-0.2, 0) is 4.79 Å². The number of hydrogen-bond acceptors (Lipinski definition) is 3. The molecule has 0 aliphatic heterocycles. The molecule has 0 heterocycles. The summed E-state index contributed by atoms with van der Waals surface area (Å²) in [4.78, 5) is 12.3. The molecule has 0 aliphatic carbocycles. The number of carbonyl (C=O) groups is 1. The summed E-state index contributed by atoms with van der Waals surface area (Å²) in [6.07, 6.45) is -0.567. The molecule has 0 fully saturated rings. The molecule has 0 radical (unpaired) electrons. The second-order valence-corrected chi connectivity index (χ2v) is 6.56. The summed E-state index contributed by atoms with van der Waals surface area (Å²) in [7, 11) is 0. The quantitative estimate of drug-likeness (QED) is 0.829. The van der Waals surface area contributed by atoms with Gasteiger partial charge in [0.25, 0.3) is 5.91 Å². The Morgan fingerprint density at radius 2 is 1.64 bits per heavy atom. The van der Waals surface area contributed by atoms with E-state index >= 15 is 0 Å². The van der Waals surface area contributed by atoms with E-state index in [9.17, 15) is 4.79 Å². The maximum atomic E-state index is 12.3. The first-order valence-electron chi connectivity index (χ1n) is 8.59. The van der Waals surface area contributed by atoms with Crippen LogP contribution in [0.15, 0.2) is 42.5 Å². The Morgan fingerprint density at radius 3 is 2.32 bits per heavy atom. The summed E-state index contributed by atoms with van der Waals surface area (Å²) in [6, 6.07) is 13.7. The van der Waals surface area contributed by atoms with E-state index in [4.69, 9.17) is 9.47 Å². The standard InChI is InChI=1S/C21H27NO3/c1-14-7-10-19(11-8-14)24-13-17(4)22-21(23)18(5)25-20-12-15(2)6-9-16(20)3/h6-12,17-18H,13H2,1-5H3,(H,22,23)/t17-,18+/m1/s1. The maximum absolute atomic E-state index is 12.3. The first-order chi connectivity index (χ1) is 11.8. The third-order valence-corrected chi connectivity index (χ3v) is 3.93. The Balaban J connectivity index is 1.83. The Bertz CT molecular complexity index is 710. The van der Waals surface area contributed by atoms with E-state index in [0.29, 0.717) is 6.61 Å². The number of rotatable bonds is 7. The average molecular weight is 341 g/mol. The second-order valence-electron chi connectivity index (χ2n) is 6.56. The summed E-state index contributed by atoms with van der Waals surface area (Å²) in [6.45, 7) is 10.1. The van der Waals surface area contributed by atoms with Gasteiger partial charge < -0.3 is 14.8 Å². The van der Waals surface area contributed by atoms with Gasteiger partial charge in [0, 0.05) is 0 Å². The number of benzene rings is 2. The highest BCUT2D eigenvalue weighted by Gasteiger charge is 2.18. The van der Waals surface area contributed by atoms with Gasteiger partial charge in [-0.1, -0.05) is 29.8 Å². The van der Waals surface area contributed by atoms with Gasteiger partial charge in [-0.2, -0.15) is 0 Å². The molecule has 1 N–H and O–H groups in total. The molecule has 0 saturated heterocycles. The zero-order valence-corrected chi connectivity index (χ0v) is 15.6. The van der Waals surface area contributed by atoms with Crippen molar-refractivity contribution < 1.29 is 14.3 Å². The predicted octanol–water partition coefficient (Wildman–Crippen LogP) is 3.96. The summed E-state index contributed by atoms with van der Waals surface area (Å²) >= 11 is 0. The van der Waals surface area contributed by atoms with Crippen LogP contribution in [0, 0.1) is 20.8 Å². The summed E-state index contributed by atoms with van der Waals surface area (Å²) in [5, 5.41) is 2.93. The van der Waals surface area contributed by atoms with Crippen LogP contribution >= 0.6 is 0 Å². The van der Waals surface area contributed by atoms with E-state index in [1.165, 1.54) is 5.56 Å². The molecule has 4 heteroatoms. The Kier molecular flexibility index (Phi) is 6.45. The lowest BCUT2D eigenvalue weighted by atomic mass is 10.1. The van der Waals surface area contributed by atoms with Crippen LogP contribution in [-0.4, -0.2) is 24.7 Å². The minimum Gasteiger partial charge on any atom is -0.491 e. The second kappa shape index (κ2) is 8.56. The van der Waals surface area contributed by atoms with Crippen molar-refractivity contribution in [2.75, 3.05) is 6.61 Å². The molecule has 2 rings (SSSR count). The summed E-state index contributed by atoms with van der Waals surface area (Å²) < 4.78 is 11.5. The van der Waals surface area contributed by atoms with Crippen molar-refractivity contribution in [3.63, 3.8) is 0 Å². The molecular formula is C21H27NO3. The van der Waals surface area contributed by atoms with Gasteiger partial charge in [-0.25, -0.2) is 0 Å². The van der Waals surface area contributed by atoms with Crippen molar-refractivity contribution in [2.24, 2.45) is 0 Å². The van der Waals surface area contributed by atoms with Gasteiger partial charge in [-0.15, -0.1) is 0 Å². The van der Waals surface area contributed by atoms with Gasteiger partial charge in [0.1, 0.15) is 18.1 Å². The van der Waals surface area contributed by atoms with E-state index in [-0.39, 0.29) is 11.9 Å². The van der Waals surface area contributed by atoms with E-state index in [2.05, 4.69) is 5.32 Å². The minimum absolute atomic E-state index is 0.113. The number of hydrogen-bond donors (Lipinski definition) is 1. The highest BCUT2D eigenvalue weighted by atomic mass is 16.5. The van der Waals surface area contributed by atoms with Crippen molar-refractivity contribution in [1.29, 1.82) is 0 Å². The predicted molar refractivity (Wildman–Crippen MR) is 100 cm³/mol. The zero-order valence-electron chi connectivity index (χ0n) is 15.6. The molecule has 2 aromatic carbocycles. The third kappa shape index (κ3) is 5.82. The van der Waals surface area contributed by atoms with Crippen LogP contribution < -0.4 is 14.8 Å². The summed E-state index contributed by atoms with van der Waals surface area (Å²) in [5.74, 6) is 1.39. The number of amides is 1. The highest BCUT2D eigenvalue weighted by Crippen LogP contribution is 2.20. The number of ether oxygens (including phenoxy) is 2. The molecule has 0 unspecified atom stereocenters. The first-order valence-corrected chi connectivity index (χ1v) is 8.59. The normalized spacial score (nSPS) is 13.0. The highest BCUT2D eigenvalue weighted by molar-refractivity contribution is 5.81. The Morgan fingerprint density at radius 1 is 1.00 bits per heavy atom. The van der Waals surface area contributed by atoms with Crippen molar-refractivity contribution in [2.45, 2.75) is 46.8 Å². The SMILES string of the molecule is Cc1ccc(OC[C@@H](C)NC(=O)[C@H](C)Oc2cc(C)ccc2C)cc1. The Labute approximate surface area is 150 Å². The molecule has 4 nitrogen and oxygen atoms in total. The molecule has 25 heavy (non-hydrogen) atoms. The van der Waals surface area contributed by atoms with E-state index < -0.39 is 6.10 Å². The molecule has 1 amide bonds. The van der Waals surface area contributed by atoms with Crippen LogP contribution in [0.25, 0.3) is 0 Å². The Hall–Kier alpha value is -2.49. The lowest BCUT2D eigenvalue weighted by Gasteiger charge is -2.20. The zero-order chi connectivity index (χ0) is 18.4. The lowest BCUT2D eigenvalue weighted by Crippen LogP contribution is -2.43. The molecule has 2 atom stereocenters. The topological polar surface area (TPSA) is 47.6 Å². The molecule has 0 aromatic heterocycles. The first kappa shape index (κ1) is 18.8. The van der Waals surface area contributed by atoms with Crippen LogP contribution in [0.5, 0.6) is 11.5 Å². The van der Waals surface area contributed by atoms with Crippen LogP contribution in [0.1, 0.15) is 30.5 Å². The molecule has 0 spiro atoms. The van der Waals surface area contributed by atoms with Crippen molar-refractivity contribution in [1.82, 2.24) is 5.32 Å². The molecule has 0 saturated carbocycles. The minimum atomic E-state index is -0.567. The lowest BCUT2D eigenvalue weighted by molar-refractivity contribution is -0.128. The largest absolute Gasteiger partial charge is 0.491 e. The summed E-state index contributed by atoms with van der Waals surface area (Å²) in [5.41, 5.74) is 3.31. The van der Waals surface area contributed by atoms with Gasteiger partial charge in [-0.3, -0.25) is 4.79 Å². The van der Waals surface area contributed by atoms with Crippen molar-refractivity contribution in [3.8, 4) is 11.5 Å². The molecule has 134 valence electrons. The fourth-order valence-electron chi connectivity index (χ4n) is 2.34. The van der Waals surface area contributed by atoms with Gasteiger partial charge in [0.2, 0.25) is 0 Å². The molecular weight excluding hydrogens is 314 g/mol. The maximum Gasteiger partial charge on any atom is 0.261 e. The van der Waals surface area contributed by atoms with Gasteiger partial charge >= 0.3 is 0 Å². The fourth-order valence-corrected chi connectivity index (χ4v) is 2.34. The molecule has 0 aliphatic rings. The van der Waals surface area contributed by atoms with E-state index in [1.54, 1.807) is 6.92 Å². The van der Waals surface area contributed by atoms with Crippen molar-refractivity contribution in [3.05, 3.63) is 59.2 Å². The molecule has 0 bridgehead atoms. The van der Waals surface area contributed by atoms with Crippen LogP contribution in [0.4, 0.5) is 0 Å². The van der Waals surface area contributed by atoms with Crippen LogP contribution in [0.2, 0.25) is 0 Å². The fraction of sp³-hybridized carbons (Fsp3) is 0.381. The molecule has 2 aromatic rings. The smallest absolute Gasteiger partial charge is 0.261 e. The number of carbonyl (C=O) groups excluding carboxylic acids is 1.